The first kappa shape index (κ1) is 20.8. The molecule has 0 bridgehead atoms. The highest BCUT2D eigenvalue weighted by molar-refractivity contribution is 9.10. The van der Waals surface area contributed by atoms with Crippen LogP contribution in [0, 0.1) is 5.92 Å². The Bertz CT molecular complexity index is 1240. The summed E-state index contributed by atoms with van der Waals surface area (Å²) in [5.41, 5.74) is 1.79. The van der Waals surface area contributed by atoms with Crippen molar-refractivity contribution in [3.05, 3.63) is 77.1 Å². The Hall–Kier alpha value is -3.03. The summed E-state index contributed by atoms with van der Waals surface area (Å²) in [5.74, 6) is 1.28. The van der Waals surface area contributed by atoms with E-state index in [-0.39, 0.29) is 11.8 Å². The molecule has 0 unspecified atom stereocenters. The van der Waals surface area contributed by atoms with Crippen LogP contribution in [0.15, 0.2) is 75.7 Å². The Morgan fingerprint density at radius 1 is 1.06 bits per heavy atom. The van der Waals surface area contributed by atoms with Gasteiger partial charge in [-0.3, -0.25) is 9.69 Å². The zero-order chi connectivity index (χ0) is 21.9. The van der Waals surface area contributed by atoms with Crippen molar-refractivity contribution >= 4 is 38.3 Å². The number of aromatic nitrogens is 2. The molecule has 32 heavy (non-hydrogen) atoms. The quantitative estimate of drug-likeness (QED) is 0.399. The maximum absolute atomic E-state index is 12.9. The number of fused-ring (bicyclic) bond motifs is 1. The van der Waals surface area contributed by atoms with Crippen LogP contribution in [0.3, 0.4) is 0 Å². The van der Waals surface area contributed by atoms with Crippen LogP contribution in [0.2, 0.25) is 0 Å². The molecule has 0 atom stereocenters. The van der Waals surface area contributed by atoms with Gasteiger partial charge in [-0.15, -0.1) is 0 Å². The second-order valence-corrected chi connectivity index (χ2v) is 9.00. The van der Waals surface area contributed by atoms with Gasteiger partial charge in [0.1, 0.15) is 0 Å². The zero-order valence-corrected chi connectivity index (χ0v) is 19.1. The number of halogens is 1. The fourth-order valence-electron chi connectivity index (χ4n) is 4.18. The number of amides is 1. The van der Waals surface area contributed by atoms with E-state index in [0.717, 1.165) is 52.4 Å². The van der Waals surface area contributed by atoms with E-state index in [9.17, 15) is 4.79 Å². The van der Waals surface area contributed by atoms with Crippen molar-refractivity contribution in [2.75, 3.05) is 18.4 Å². The van der Waals surface area contributed by atoms with Crippen LogP contribution in [0.5, 0.6) is 0 Å². The summed E-state index contributed by atoms with van der Waals surface area (Å²) < 4.78 is 6.44. The molecule has 0 aliphatic carbocycles. The molecule has 1 aliphatic heterocycles. The molecule has 1 N–H and O–H groups in total. The number of rotatable bonds is 5. The molecule has 0 radical (unpaired) electrons. The number of nitrogens with one attached hydrogen (secondary N) is 1. The highest BCUT2D eigenvalue weighted by Gasteiger charge is 2.26. The van der Waals surface area contributed by atoms with E-state index >= 15 is 0 Å². The normalized spacial score (nSPS) is 15.2. The monoisotopic (exact) mass is 490 g/mol. The number of hydrogen-bond donors (Lipinski definition) is 1. The molecule has 1 saturated heterocycles. The van der Waals surface area contributed by atoms with Gasteiger partial charge in [-0.1, -0.05) is 69.6 Å². The van der Waals surface area contributed by atoms with E-state index in [1.54, 1.807) is 0 Å². The fraction of sp³-hybridized carbons (Fsp3) is 0.240. The van der Waals surface area contributed by atoms with Crippen LogP contribution in [0.25, 0.3) is 22.2 Å². The van der Waals surface area contributed by atoms with Crippen molar-refractivity contribution in [1.82, 2.24) is 15.0 Å². The average Bonchev–Trinajstić information content (AvgIpc) is 3.28. The number of carbonyl (C=O) groups is 1. The van der Waals surface area contributed by atoms with Gasteiger partial charge in [0.15, 0.2) is 0 Å². The van der Waals surface area contributed by atoms with Crippen molar-refractivity contribution < 1.29 is 9.32 Å². The third kappa shape index (κ3) is 4.59. The lowest BCUT2D eigenvalue weighted by Crippen LogP contribution is -2.37. The molecular formula is C25H23BrN4O2. The van der Waals surface area contributed by atoms with Gasteiger partial charge < -0.3 is 9.84 Å². The number of piperidine rings is 1. The number of hydrogen-bond acceptors (Lipinski definition) is 5. The molecule has 1 amide bonds. The fourth-order valence-corrected chi connectivity index (χ4v) is 4.58. The van der Waals surface area contributed by atoms with Crippen molar-refractivity contribution in [2.45, 2.75) is 19.4 Å². The molecular weight excluding hydrogens is 468 g/mol. The van der Waals surface area contributed by atoms with E-state index < -0.39 is 0 Å². The molecule has 162 valence electrons. The number of likely N-dealkylation sites (tertiary alicyclic amines) is 1. The van der Waals surface area contributed by atoms with Crippen LogP contribution >= 0.6 is 15.9 Å². The minimum atomic E-state index is 0.00475. The lowest BCUT2D eigenvalue weighted by molar-refractivity contribution is -0.121. The van der Waals surface area contributed by atoms with Gasteiger partial charge in [-0.2, -0.15) is 4.98 Å². The van der Waals surface area contributed by atoms with Crippen LogP contribution in [0.4, 0.5) is 5.69 Å². The second kappa shape index (κ2) is 9.22. The summed E-state index contributed by atoms with van der Waals surface area (Å²) in [6.45, 7) is 2.24. The molecule has 1 aromatic heterocycles. The summed E-state index contributed by atoms with van der Waals surface area (Å²) in [7, 11) is 0. The zero-order valence-electron chi connectivity index (χ0n) is 17.5. The maximum atomic E-state index is 12.9. The van der Waals surface area contributed by atoms with Crippen LogP contribution in [0.1, 0.15) is 18.7 Å². The van der Waals surface area contributed by atoms with Crippen LogP contribution in [-0.4, -0.2) is 34.0 Å². The van der Waals surface area contributed by atoms with E-state index in [1.807, 2.05) is 54.6 Å². The third-order valence-corrected chi connectivity index (χ3v) is 6.41. The van der Waals surface area contributed by atoms with E-state index in [0.29, 0.717) is 18.3 Å². The van der Waals surface area contributed by atoms with Crippen molar-refractivity contribution in [3.8, 4) is 11.4 Å². The van der Waals surface area contributed by atoms with E-state index in [4.69, 9.17) is 4.52 Å². The number of anilines is 1. The minimum absolute atomic E-state index is 0.00475. The van der Waals surface area contributed by atoms with E-state index in [2.05, 4.69) is 48.4 Å². The van der Waals surface area contributed by atoms with Crippen LogP contribution in [-0.2, 0) is 11.3 Å². The van der Waals surface area contributed by atoms with Gasteiger partial charge in [0.25, 0.3) is 0 Å². The average molecular weight is 491 g/mol. The molecule has 2 heterocycles. The van der Waals surface area contributed by atoms with E-state index in [1.165, 1.54) is 0 Å². The Morgan fingerprint density at radius 2 is 1.84 bits per heavy atom. The predicted molar refractivity (Wildman–Crippen MR) is 128 cm³/mol. The van der Waals surface area contributed by atoms with Gasteiger partial charge in [-0.05, 0) is 49.5 Å². The molecule has 7 heteroatoms. The summed E-state index contributed by atoms with van der Waals surface area (Å²) in [6.07, 6.45) is 1.62. The van der Waals surface area contributed by atoms with Crippen molar-refractivity contribution in [2.24, 2.45) is 5.92 Å². The maximum Gasteiger partial charge on any atom is 0.241 e. The third-order valence-electron chi connectivity index (χ3n) is 5.92. The van der Waals surface area contributed by atoms with Gasteiger partial charge in [0, 0.05) is 27.0 Å². The molecule has 0 saturated carbocycles. The highest BCUT2D eigenvalue weighted by Crippen LogP contribution is 2.26. The number of nitrogens with zero attached hydrogens (tertiary/aromatic N) is 3. The second-order valence-electron chi connectivity index (χ2n) is 8.09. The Kier molecular flexibility index (Phi) is 6.01. The summed E-state index contributed by atoms with van der Waals surface area (Å²) in [5, 5.41) is 9.45. The summed E-state index contributed by atoms with van der Waals surface area (Å²) in [4.78, 5) is 19.7. The molecule has 0 spiro atoms. The van der Waals surface area contributed by atoms with Crippen LogP contribution < -0.4 is 5.32 Å². The molecule has 3 aromatic carbocycles. The van der Waals surface area contributed by atoms with Gasteiger partial charge in [0.05, 0.1) is 6.54 Å². The van der Waals surface area contributed by atoms with Crippen molar-refractivity contribution in [1.29, 1.82) is 0 Å². The lowest BCUT2D eigenvalue weighted by Gasteiger charge is -2.30. The highest BCUT2D eigenvalue weighted by atomic mass is 79.9. The number of benzene rings is 3. The first-order valence-corrected chi connectivity index (χ1v) is 11.5. The Morgan fingerprint density at radius 3 is 2.69 bits per heavy atom. The molecule has 1 aliphatic rings. The largest absolute Gasteiger partial charge is 0.338 e. The van der Waals surface area contributed by atoms with Gasteiger partial charge in [-0.25, -0.2) is 0 Å². The predicted octanol–water partition coefficient (Wildman–Crippen LogP) is 5.50. The topological polar surface area (TPSA) is 71.3 Å². The minimum Gasteiger partial charge on any atom is -0.338 e. The summed E-state index contributed by atoms with van der Waals surface area (Å²) >= 11 is 3.47. The standard InChI is InChI=1S/C25H23BrN4O2/c26-20-8-3-7-19(15-20)24-28-23(32-29-24)16-30-13-11-18(12-14-30)25(31)27-22-10-4-6-17-5-1-2-9-21(17)22/h1-10,15,18H,11-14,16H2,(H,27,31). The lowest BCUT2D eigenvalue weighted by atomic mass is 9.95. The Labute approximate surface area is 194 Å². The first-order chi connectivity index (χ1) is 15.7. The van der Waals surface area contributed by atoms with Crippen molar-refractivity contribution in [3.63, 3.8) is 0 Å². The number of carbonyl (C=O) groups excluding carboxylic acids is 1. The summed E-state index contributed by atoms with van der Waals surface area (Å²) in [6, 6.07) is 21.9. The smallest absolute Gasteiger partial charge is 0.241 e. The molecule has 4 aromatic rings. The molecule has 1 fully saturated rings. The SMILES string of the molecule is O=C(Nc1cccc2ccccc12)C1CCN(Cc2nc(-c3cccc(Br)c3)no2)CC1. The van der Waals surface area contributed by atoms with Gasteiger partial charge >= 0.3 is 0 Å². The van der Waals surface area contributed by atoms with Gasteiger partial charge in [0.2, 0.25) is 17.6 Å². The first-order valence-electron chi connectivity index (χ1n) is 10.8. The Balaban J connectivity index is 1.17. The molecule has 5 rings (SSSR count). The molecule has 6 nitrogen and oxygen atoms in total.